The number of carbonyl (C=O) groups is 6. The molecule has 0 unspecified atom stereocenters. The fourth-order valence-electron chi connectivity index (χ4n) is 11.4. The minimum Gasteiger partial charge on any atom is -0.480 e. The lowest BCUT2D eigenvalue weighted by molar-refractivity contribution is -0.143. The number of aliphatic hydroxyl groups is 1. The number of likely N-dealkylation sites (N-methyl/N-ethyl adjacent to an activating group) is 1. The average Bonchev–Trinajstić information content (AvgIpc) is 3.54. The van der Waals surface area contributed by atoms with Crippen LogP contribution in [-0.4, -0.2) is 161 Å². The smallest absolute Gasteiger partial charge is 0.328 e. The molecular weight excluding hydrogens is 975 g/mol. The Hall–Kier alpha value is -6.45. The normalized spacial score (nSPS) is 16.1. The maximum Gasteiger partial charge on any atom is 0.328 e. The number of carboxylic acids is 1. The number of aryl methyl sites for hydroxylation is 2. The molecule has 5 amide bonds. The highest BCUT2D eigenvalue weighted by Crippen LogP contribution is 2.49. The standard InChI is InChI=1S/C56H75N9O11/c1-63(32-46(67)59-22-27-74-28-29-75-34-47(68)60-43(18-4-6-20-57)53(69)61-44(19-5-7-21-58)54(70)62-45(33-66)56(72)73)55(71)38-15-3-2-14-37(38)48-41-30-35-12-8-23-64-25-10-16-39(49(35)64)51(41)76-52-40-17-11-26-65-24-9-13-36(50(40)65)31-42(48)52/h2-3,14-15,30-31,43-45,66H,4-13,16-29,32-34,57-58H2,1H3,(H4-,59,60,61,62,67,68,69,70,72,73)/p+1/t43-,44-,45-/m0/s1. The topological polar surface area (TPSA) is 280 Å². The molecule has 0 aromatic heterocycles. The third-order valence-corrected chi connectivity index (χ3v) is 15.0. The van der Waals surface area contributed by atoms with Crippen LogP contribution >= 0.6 is 0 Å². The first-order valence-corrected chi connectivity index (χ1v) is 27.3. The summed E-state index contributed by atoms with van der Waals surface area (Å²) >= 11 is 0. The number of unbranched alkanes of at least 4 members (excludes halogenated alkanes) is 2. The zero-order chi connectivity index (χ0) is 53.7. The minimum atomic E-state index is -1.56. The zero-order valence-corrected chi connectivity index (χ0v) is 43.9. The predicted molar refractivity (Wildman–Crippen MR) is 285 cm³/mol. The molecular formula is C56H76N9O11+. The summed E-state index contributed by atoms with van der Waals surface area (Å²) in [5.74, 6) is -2.26. The number of aliphatic hydroxyl groups excluding tert-OH is 1. The Bertz CT molecular complexity index is 2780. The highest BCUT2D eigenvalue weighted by Gasteiger charge is 2.37. The van der Waals surface area contributed by atoms with Crippen molar-refractivity contribution >= 4 is 46.8 Å². The molecule has 0 fully saturated rings. The van der Waals surface area contributed by atoms with Crippen molar-refractivity contribution in [3.8, 4) is 11.5 Å². The van der Waals surface area contributed by atoms with Gasteiger partial charge in [0.05, 0.1) is 38.5 Å². The van der Waals surface area contributed by atoms with Gasteiger partial charge < -0.3 is 67.0 Å². The van der Waals surface area contributed by atoms with Crippen LogP contribution in [0.1, 0.15) is 108 Å². The summed E-state index contributed by atoms with van der Waals surface area (Å²) in [5.41, 5.74) is 21.2. The van der Waals surface area contributed by atoms with Crippen LogP contribution < -0.4 is 57.5 Å². The van der Waals surface area contributed by atoms with Gasteiger partial charge >= 0.3 is 5.97 Å². The Balaban J connectivity index is 0.853. The molecule has 0 aliphatic carbocycles. The van der Waals surface area contributed by atoms with Gasteiger partial charge in [-0.05, 0) is 119 Å². The summed E-state index contributed by atoms with van der Waals surface area (Å²) in [7, 11) is 1.64. The van der Waals surface area contributed by atoms with E-state index in [1.807, 2.05) is 24.3 Å². The third kappa shape index (κ3) is 13.0. The Morgan fingerprint density at radius 3 is 2.13 bits per heavy atom. The summed E-state index contributed by atoms with van der Waals surface area (Å²) in [6.45, 7) is 3.93. The molecule has 3 aromatic rings. The molecule has 5 heterocycles. The van der Waals surface area contributed by atoms with Gasteiger partial charge in [0, 0.05) is 78.3 Å². The van der Waals surface area contributed by atoms with E-state index in [1.165, 1.54) is 38.2 Å². The first-order valence-electron chi connectivity index (χ1n) is 27.3. The minimum absolute atomic E-state index is 0.0333. The van der Waals surface area contributed by atoms with E-state index < -0.39 is 55.0 Å². The first kappa shape index (κ1) is 55.8. The molecule has 0 radical (unpaired) electrons. The van der Waals surface area contributed by atoms with Crippen molar-refractivity contribution in [3.63, 3.8) is 0 Å². The van der Waals surface area contributed by atoms with Gasteiger partial charge in [0.25, 0.3) is 5.91 Å². The molecule has 20 heteroatoms. The monoisotopic (exact) mass is 1050 g/mol. The lowest BCUT2D eigenvalue weighted by Crippen LogP contribution is -2.56. The Kier molecular flexibility index (Phi) is 19.5. The fourth-order valence-corrected chi connectivity index (χ4v) is 11.4. The summed E-state index contributed by atoms with van der Waals surface area (Å²) < 4.78 is 20.9. The van der Waals surface area contributed by atoms with Crippen LogP contribution in [0.2, 0.25) is 0 Å². The van der Waals surface area contributed by atoms with Gasteiger partial charge in [-0.15, -0.1) is 0 Å². The molecule has 410 valence electrons. The van der Waals surface area contributed by atoms with Crippen molar-refractivity contribution in [3.05, 3.63) is 85.9 Å². The van der Waals surface area contributed by atoms with Crippen molar-refractivity contribution in [1.82, 2.24) is 30.7 Å². The zero-order valence-electron chi connectivity index (χ0n) is 43.9. The number of hydrogen-bond acceptors (Lipinski definition) is 13. The second-order valence-electron chi connectivity index (χ2n) is 20.4. The maximum absolute atomic E-state index is 14.6. The molecule has 0 bridgehead atoms. The molecule has 0 saturated carbocycles. The second kappa shape index (κ2) is 26.5. The highest BCUT2D eigenvalue weighted by molar-refractivity contribution is 6.03. The number of ether oxygens (including phenoxy) is 3. The van der Waals surface area contributed by atoms with Crippen LogP contribution in [0.15, 0.2) is 36.4 Å². The molecule has 10 N–H and O–H groups in total. The van der Waals surface area contributed by atoms with E-state index in [-0.39, 0.29) is 57.6 Å². The van der Waals surface area contributed by atoms with Crippen LogP contribution in [0, 0.1) is 0 Å². The molecule has 20 nitrogen and oxygen atoms in total. The van der Waals surface area contributed by atoms with Crippen molar-refractivity contribution in [1.29, 1.82) is 0 Å². The Morgan fingerprint density at radius 2 is 1.41 bits per heavy atom. The van der Waals surface area contributed by atoms with Gasteiger partial charge in [-0.25, -0.2) is 9.37 Å². The number of nitrogens with two attached hydrogens (primary N) is 2. The van der Waals surface area contributed by atoms with E-state index in [2.05, 4.69) is 42.9 Å². The third-order valence-electron chi connectivity index (χ3n) is 15.0. The van der Waals surface area contributed by atoms with Gasteiger partial charge in [0.15, 0.2) is 0 Å². The number of amides is 5. The molecule has 0 spiro atoms. The molecule has 3 atom stereocenters. The van der Waals surface area contributed by atoms with Crippen LogP contribution in [-0.2, 0) is 59.1 Å². The molecule has 8 rings (SSSR count). The second-order valence-corrected chi connectivity index (χ2v) is 20.4. The number of rotatable bonds is 27. The fraction of sp³-hybridized carbons (Fsp3) is 0.554. The molecule has 3 aromatic carbocycles. The molecule has 5 aliphatic heterocycles. The van der Waals surface area contributed by atoms with Gasteiger partial charge in [0.2, 0.25) is 29.0 Å². The van der Waals surface area contributed by atoms with Crippen LogP contribution in [0.5, 0.6) is 11.5 Å². The Morgan fingerprint density at radius 1 is 0.750 bits per heavy atom. The number of hydrogen-bond donors (Lipinski definition) is 8. The number of carboxylic acid groups (broad SMARTS) is 1. The molecule has 5 aliphatic rings. The van der Waals surface area contributed by atoms with E-state index in [9.17, 15) is 39.0 Å². The summed E-state index contributed by atoms with van der Waals surface area (Å²) in [6.07, 6.45) is 10.6. The number of carbonyl (C=O) groups excluding carboxylic acids is 5. The molecule has 0 saturated heterocycles. The number of aliphatic carboxylic acids is 1. The van der Waals surface area contributed by atoms with Crippen molar-refractivity contribution in [2.24, 2.45) is 11.5 Å². The highest BCUT2D eigenvalue weighted by atomic mass is 16.5. The van der Waals surface area contributed by atoms with E-state index in [4.69, 9.17) is 25.7 Å². The lowest BCUT2D eigenvalue weighted by atomic mass is 9.81. The summed E-state index contributed by atoms with van der Waals surface area (Å²) in [5, 5.41) is 31.4. The number of benzene rings is 3. The van der Waals surface area contributed by atoms with Gasteiger partial charge in [-0.1, -0.05) is 18.2 Å². The van der Waals surface area contributed by atoms with Crippen LogP contribution in [0.25, 0.3) is 5.57 Å². The number of fused-ring (bicyclic) bond motifs is 4. The lowest BCUT2D eigenvalue weighted by Gasteiger charge is -2.39. The van der Waals surface area contributed by atoms with E-state index in [1.54, 1.807) is 7.05 Å². The number of nitrogens with one attached hydrogen (secondary N) is 4. The van der Waals surface area contributed by atoms with Gasteiger partial charge in [0.1, 0.15) is 49.3 Å². The summed E-state index contributed by atoms with van der Waals surface area (Å²) in [4.78, 5) is 82.6. The average molecular weight is 1050 g/mol. The number of anilines is 1. The predicted octanol–water partition coefficient (Wildman–Crippen LogP) is 0.133. The Labute approximate surface area is 443 Å². The molecule has 76 heavy (non-hydrogen) atoms. The van der Waals surface area contributed by atoms with Crippen LogP contribution in [0.4, 0.5) is 5.69 Å². The quantitative estimate of drug-likeness (QED) is 0.0292. The van der Waals surface area contributed by atoms with Crippen molar-refractivity contribution < 1.29 is 53.2 Å². The van der Waals surface area contributed by atoms with Gasteiger partial charge in [-0.3, -0.25) is 24.0 Å². The summed E-state index contributed by atoms with van der Waals surface area (Å²) in [6, 6.07) is 8.66. The van der Waals surface area contributed by atoms with Gasteiger partial charge in [-0.2, -0.15) is 0 Å². The van der Waals surface area contributed by atoms with E-state index in [0.717, 1.165) is 111 Å². The van der Waals surface area contributed by atoms with Crippen molar-refractivity contribution in [2.45, 2.75) is 108 Å². The van der Waals surface area contributed by atoms with Crippen molar-refractivity contribution in [2.75, 3.05) is 97.3 Å². The first-order chi connectivity index (χ1) is 36.9. The number of nitrogens with zero attached hydrogens (tertiary/aromatic N) is 3. The SMILES string of the molecule is CN(CC(=O)NCCOCCOCC(=O)N[C@@H](CCCCN)C(=O)N[C@@H](CCCCN)C(=O)N[C@@H](CO)C(=O)O)C(=O)c1ccccc1C1=c2cc3c4c(c2Oc2c1cc1c5c2CCCN5CCC1)CCC[N+]=4CCC3. The van der Waals surface area contributed by atoms with E-state index >= 15 is 0 Å². The maximum atomic E-state index is 14.6. The van der Waals surface area contributed by atoms with E-state index in [0.29, 0.717) is 44.3 Å². The van der Waals surface area contributed by atoms with Crippen LogP contribution in [0.3, 0.4) is 0 Å². The largest absolute Gasteiger partial charge is 0.480 e.